The van der Waals surface area contributed by atoms with Crippen LogP contribution < -0.4 is 15.2 Å². The minimum Gasteiger partial charge on any atom is -0.497 e. The molecule has 2 N–H and O–H groups in total. The molecule has 0 atom stereocenters. The third-order valence-electron chi connectivity index (χ3n) is 4.52. The lowest BCUT2D eigenvalue weighted by atomic mass is 10.0. The number of carbonyl (C=O) groups is 1. The molecule has 1 aliphatic heterocycles. The van der Waals surface area contributed by atoms with E-state index in [1.807, 2.05) is 0 Å². The molecular weight excluding hydrogens is 350 g/mol. The van der Waals surface area contributed by atoms with Crippen molar-refractivity contribution in [1.82, 2.24) is 4.90 Å². The van der Waals surface area contributed by atoms with E-state index in [2.05, 4.69) is 0 Å². The average molecular weight is 371 g/mol. The predicted molar refractivity (Wildman–Crippen MR) is 99.3 cm³/mol. The van der Waals surface area contributed by atoms with Crippen molar-refractivity contribution in [2.75, 3.05) is 20.2 Å². The Balaban J connectivity index is 1.90. The third kappa shape index (κ3) is 4.35. The zero-order valence-electron chi connectivity index (χ0n) is 15.0. The van der Waals surface area contributed by atoms with Gasteiger partial charge in [-0.25, -0.2) is 0 Å². The van der Waals surface area contributed by atoms with Gasteiger partial charge in [0.2, 0.25) is 0 Å². The molecule has 142 valence electrons. The Kier molecular flexibility index (Phi) is 5.56. The SMILES string of the molecule is COc1ccc(Oc2ccc([N+](=O)[O-])cc2C(=O)N2CCC(N)CC2)cc1. The van der Waals surface area contributed by atoms with Gasteiger partial charge in [0, 0.05) is 31.3 Å². The molecule has 0 radical (unpaired) electrons. The van der Waals surface area contributed by atoms with Crippen molar-refractivity contribution in [3.63, 3.8) is 0 Å². The summed E-state index contributed by atoms with van der Waals surface area (Å²) in [5, 5.41) is 11.1. The van der Waals surface area contributed by atoms with Gasteiger partial charge in [-0.15, -0.1) is 0 Å². The van der Waals surface area contributed by atoms with Crippen LogP contribution in [0.3, 0.4) is 0 Å². The van der Waals surface area contributed by atoms with E-state index < -0.39 is 4.92 Å². The number of hydrogen-bond donors (Lipinski definition) is 1. The number of nitrogens with two attached hydrogens (primary N) is 1. The number of amides is 1. The number of likely N-dealkylation sites (tertiary alicyclic amines) is 1. The Morgan fingerprint density at radius 2 is 1.78 bits per heavy atom. The van der Waals surface area contributed by atoms with Gasteiger partial charge in [-0.3, -0.25) is 14.9 Å². The average Bonchev–Trinajstić information content (AvgIpc) is 2.69. The normalized spacial score (nSPS) is 14.7. The number of nitro groups is 1. The lowest BCUT2D eigenvalue weighted by Crippen LogP contribution is -2.42. The van der Waals surface area contributed by atoms with Gasteiger partial charge in [-0.2, -0.15) is 0 Å². The van der Waals surface area contributed by atoms with E-state index in [9.17, 15) is 14.9 Å². The van der Waals surface area contributed by atoms with Crippen molar-refractivity contribution in [2.24, 2.45) is 5.73 Å². The van der Waals surface area contributed by atoms with Crippen LogP contribution in [0.5, 0.6) is 17.2 Å². The van der Waals surface area contributed by atoms with Crippen LogP contribution in [0.15, 0.2) is 42.5 Å². The molecule has 0 aliphatic carbocycles. The summed E-state index contributed by atoms with van der Waals surface area (Å²) < 4.78 is 10.9. The van der Waals surface area contributed by atoms with Crippen LogP contribution >= 0.6 is 0 Å². The van der Waals surface area contributed by atoms with Crippen LogP contribution in [-0.2, 0) is 0 Å². The maximum absolute atomic E-state index is 13.0. The van der Waals surface area contributed by atoms with Crippen LogP contribution in [0.1, 0.15) is 23.2 Å². The second-order valence-corrected chi connectivity index (χ2v) is 6.34. The van der Waals surface area contributed by atoms with Crippen molar-refractivity contribution >= 4 is 11.6 Å². The minimum absolute atomic E-state index is 0.0779. The van der Waals surface area contributed by atoms with Crippen LogP contribution in [0.4, 0.5) is 5.69 Å². The molecule has 8 heteroatoms. The number of hydrogen-bond acceptors (Lipinski definition) is 6. The lowest BCUT2D eigenvalue weighted by Gasteiger charge is -2.30. The lowest BCUT2D eigenvalue weighted by molar-refractivity contribution is -0.384. The number of non-ortho nitro benzene ring substituents is 1. The van der Waals surface area contributed by atoms with Crippen LogP contribution in [0.25, 0.3) is 0 Å². The number of benzene rings is 2. The number of ether oxygens (including phenoxy) is 2. The second-order valence-electron chi connectivity index (χ2n) is 6.34. The van der Waals surface area contributed by atoms with E-state index in [0.717, 1.165) is 0 Å². The molecule has 8 nitrogen and oxygen atoms in total. The standard InChI is InChI=1S/C19H21N3O5/c1-26-15-3-5-16(6-4-15)27-18-7-2-14(22(24)25)12-17(18)19(23)21-10-8-13(20)9-11-21/h2-7,12-13H,8-11,20H2,1H3. The Labute approximate surface area is 156 Å². The van der Waals surface area contributed by atoms with E-state index >= 15 is 0 Å². The molecule has 1 fully saturated rings. The van der Waals surface area contributed by atoms with Gasteiger partial charge in [-0.1, -0.05) is 0 Å². The number of piperidine rings is 1. The van der Waals surface area contributed by atoms with Gasteiger partial charge >= 0.3 is 0 Å². The highest BCUT2D eigenvalue weighted by Crippen LogP contribution is 2.31. The number of methoxy groups -OCH3 is 1. The molecule has 3 rings (SSSR count). The van der Waals surface area contributed by atoms with Crippen molar-refractivity contribution < 1.29 is 19.2 Å². The number of nitro benzene ring substituents is 1. The van der Waals surface area contributed by atoms with E-state index in [-0.39, 0.29) is 28.9 Å². The molecule has 2 aromatic carbocycles. The van der Waals surface area contributed by atoms with Gasteiger partial charge in [-0.05, 0) is 43.2 Å². The second kappa shape index (κ2) is 8.05. The topological polar surface area (TPSA) is 108 Å². The molecule has 27 heavy (non-hydrogen) atoms. The summed E-state index contributed by atoms with van der Waals surface area (Å²) in [5.74, 6) is 1.14. The van der Waals surface area contributed by atoms with Crippen molar-refractivity contribution in [1.29, 1.82) is 0 Å². The quantitative estimate of drug-likeness (QED) is 0.639. The highest BCUT2D eigenvalue weighted by atomic mass is 16.6. The van der Waals surface area contributed by atoms with Crippen molar-refractivity contribution in [3.05, 3.63) is 58.1 Å². The summed E-state index contributed by atoms with van der Waals surface area (Å²) in [4.78, 5) is 25.2. The Hall–Kier alpha value is -3.13. The van der Waals surface area contributed by atoms with Crippen LogP contribution in [0, 0.1) is 10.1 Å². The maximum Gasteiger partial charge on any atom is 0.270 e. The van der Waals surface area contributed by atoms with Crippen LogP contribution in [0.2, 0.25) is 0 Å². The van der Waals surface area contributed by atoms with Gasteiger partial charge in [0.25, 0.3) is 11.6 Å². The molecule has 0 spiro atoms. The summed E-state index contributed by atoms with van der Waals surface area (Å²) in [6.07, 6.45) is 1.41. The van der Waals surface area contributed by atoms with E-state index in [1.165, 1.54) is 18.2 Å². The summed E-state index contributed by atoms with van der Waals surface area (Å²) in [6, 6.07) is 11.0. The molecule has 1 heterocycles. The Morgan fingerprint density at radius 1 is 1.15 bits per heavy atom. The number of nitrogens with zero attached hydrogens (tertiary/aromatic N) is 2. The first-order valence-corrected chi connectivity index (χ1v) is 8.63. The summed E-state index contributed by atoms with van der Waals surface area (Å²) in [7, 11) is 1.56. The third-order valence-corrected chi connectivity index (χ3v) is 4.52. The fourth-order valence-corrected chi connectivity index (χ4v) is 2.93. The minimum atomic E-state index is -0.528. The Bertz CT molecular complexity index is 830. The van der Waals surface area contributed by atoms with Gasteiger partial charge in [0.1, 0.15) is 17.2 Å². The smallest absolute Gasteiger partial charge is 0.270 e. The zero-order chi connectivity index (χ0) is 19.4. The fourth-order valence-electron chi connectivity index (χ4n) is 2.93. The molecular formula is C19H21N3O5. The molecule has 1 saturated heterocycles. The predicted octanol–water partition coefficient (Wildman–Crippen LogP) is 2.96. The molecule has 2 aromatic rings. The summed E-state index contributed by atoms with van der Waals surface area (Å²) in [6.45, 7) is 1.04. The monoisotopic (exact) mass is 371 g/mol. The number of rotatable bonds is 5. The number of carbonyl (C=O) groups excluding carboxylic acids is 1. The Morgan fingerprint density at radius 3 is 2.37 bits per heavy atom. The highest BCUT2D eigenvalue weighted by Gasteiger charge is 2.26. The zero-order valence-corrected chi connectivity index (χ0v) is 15.0. The summed E-state index contributed by atoms with van der Waals surface area (Å²) in [5.41, 5.74) is 5.90. The molecule has 0 unspecified atom stereocenters. The molecule has 0 saturated carbocycles. The molecule has 1 aliphatic rings. The first kappa shape index (κ1) is 18.7. The van der Waals surface area contributed by atoms with Gasteiger partial charge < -0.3 is 20.1 Å². The molecule has 0 aromatic heterocycles. The van der Waals surface area contributed by atoms with Crippen molar-refractivity contribution in [2.45, 2.75) is 18.9 Å². The summed E-state index contributed by atoms with van der Waals surface area (Å²) >= 11 is 0. The van der Waals surface area contributed by atoms with E-state index in [1.54, 1.807) is 36.3 Å². The van der Waals surface area contributed by atoms with Crippen LogP contribution in [-0.4, -0.2) is 42.0 Å². The van der Waals surface area contributed by atoms with Gasteiger partial charge in [0.05, 0.1) is 17.6 Å². The fraction of sp³-hybridized carbons (Fsp3) is 0.316. The first-order chi connectivity index (χ1) is 13.0. The molecule has 1 amide bonds. The highest BCUT2D eigenvalue weighted by molar-refractivity contribution is 5.97. The largest absolute Gasteiger partial charge is 0.497 e. The van der Waals surface area contributed by atoms with Gasteiger partial charge in [0.15, 0.2) is 0 Å². The molecule has 0 bridgehead atoms. The van der Waals surface area contributed by atoms with E-state index in [4.69, 9.17) is 15.2 Å². The maximum atomic E-state index is 13.0. The first-order valence-electron chi connectivity index (χ1n) is 8.63. The van der Waals surface area contributed by atoms with E-state index in [0.29, 0.717) is 37.4 Å². The van der Waals surface area contributed by atoms with Crippen molar-refractivity contribution in [3.8, 4) is 17.2 Å².